The fourth-order valence-corrected chi connectivity index (χ4v) is 3.13. The molecule has 0 aliphatic heterocycles. The van der Waals surface area contributed by atoms with Gasteiger partial charge in [0, 0.05) is 16.9 Å². The van der Waals surface area contributed by atoms with E-state index < -0.39 is 10.1 Å². The Labute approximate surface area is 117 Å². The van der Waals surface area contributed by atoms with Crippen molar-refractivity contribution >= 4 is 22.2 Å². The van der Waals surface area contributed by atoms with Crippen molar-refractivity contribution in [3.63, 3.8) is 0 Å². The molecule has 0 unspecified atom stereocenters. The minimum absolute atomic E-state index is 0.165. The second kappa shape index (κ2) is 5.77. The van der Waals surface area contributed by atoms with Gasteiger partial charge in [-0.2, -0.15) is 12.0 Å². The van der Waals surface area contributed by atoms with Gasteiger partial charge in [0.15, 0.2) is 0 Å². The van der Waals surface area contributed by atoms with Crippen LogP contribution in [0, 0.1) is 13.8 Å². The molecule has 2 rings (SSSR count). The third kappa shape index (κ3) is 3.83. The highest BCUT2D eigenvalue weighted by Gasteiger charge is 2.15. The number of benzene rings is 2. The average molecular weight is 294 g/mol. The molecular weight excluding hydrogens is 280 g/mol. The summed E-state index contributed by atoms with van der Waals surface area (Å²) in [6.07, 6.45) is 0. The lowest BCUT2D eigenvalue weighted by Crippen LogP contribution is -2.01. The zero-order valence-corrected chi connectivity index (χ0v) is 12.3. The fraction of sp³-hybridized carbons (Fsp3) is 0.143. The molecule has 0 amide bonds. The number of aryl methyl sites for hydroxylation is 2. The molecule has 0 N–H and O–H groups in total. The van der Waals surface area contributed by atoms with Crippen LogP contribution in [0.2, 0.25) is 0 Å². The van der Waals surface area contributed by atoms with E-state index in [4.69, 9.17) is 3.63 Å². The van der Waals surface area contributed by atoms with Crippen LogP contribution in [0.5, 0.6) is 0 Å². The maximum atomic E-state index is 11.9. The highest BCUT2D eigenvalue weighted by molar-refractivity contribution is 8.04. The largest absolute Gasteiger partial charge is 0.308 e. The number of rotatable bonds is 4. The van der Waals surface area contributed by atoms with Crippen molar-refractivity contribution in [2.24, 2.45) is 0 Å². The molecule has 0 spiro atoms. The van der Waals surface area contributed by atoms with Gasteiger partial charge in [-0.3, -0.25) is 0 Å². The maximum absolute atomic E-state index is 11.9. The average Bonchev–Trinajstić information content (AvgIpc) is 2.39. The predicted octanol–water partition coefficient (Wildman–Crippen LogP) is 3.72. The van der Waals surface area contributed by atoms with Crippen molar-refractivity contribution in [3.8, 4) is 0 Å². The van der Waals surface area contributed by atoms with E-state index in [1.807, 2.05) is 38.1 Å². The van der Waals surface area contributed by atoms with Gasteiger partial charge in [-0.15, -0.1) is 0 Å². The predicted molar refractivity (Wildman–Crippen MR) is 76.5 cm³/mol. The lowest BCUT2D eigenvalue weighted by molar-refractivity contribution is 0.518. The second-order valence-corrected chi connectivity index (χ2v) is 6.79. The summed E-state index contributed by atoms with van der Waals surface area (Å²) in [4.78, 5) is 0.916. The Kier molecular flexibility index (Phi) is 4.29. The molecule has 2 aromatic rings. The first-order valence-corrected chi connectivity index (χ1v) is 7.87. The first kappa shape index (κ1) is 14.1. The Hall–Kier alpha value is -1.30. The Bertz CT molecular complexity index is 644. The lowest BCUT2D eigenvalue weighted by Gasteiger charge is -2.04. The summed E-state index contributed by atoms with van der Waals surface area (Å²) >= 11 is 0.847. The van der Waals surface area contributed by atoms with Gasteiger partial charge in [0.2, 0.25) is 0 Å². The van der Waals surface area contributed by atoms with Crippen molar-refractivity contribution < 1.29 is 12.0 Å². The quantitative estimate of drug-likeness (QED) is 0.806. The minimum Gasteiger partial charge on any atom is -0.193 e. The molecule has 0 aliphatic carbocycles. The molecule has 0 bridgehead atoms. The van der Waals surface area contributed by atoms with Crippen LogP contribution in [0.3, 0.4) is 0 Å². The van der Waals surface area contributed by atoms with Gasteiger partial charge < -0.3 is 0 Å². The van der Waals surface area contributed by atoms with Crippen LogP contribution in [0.4, 0.5) is 0 Å². The Balaban J connectivity index is 2.09. The van der Waals surface area contributed by atoms with E-state index in [1.165, 1.54) is 0 Å². The summed E-state index contributed by atoms with van der Waals surface area (Å²) in [5.74, 6) is 0. The van der Waals surface area contributed by atoms with Crippen LogP contribution in [-0.4, -0.2) is 8.42 Å². The first-order valence-electron chi connectivity index (χ1n) is 5.72. The molecule has 100 valence electrons. The van der Waals surface area contributed by atoms with Crippen molar-refractivity contribution in [3.05, 3.63) is 59.7 Å². The van der Waals surface area contributed by atoms with Crippen LogP contribution in [0.25, 0.3) is 0 Å². The standard InChI is InChI=1S/C14H14O3S2/c1-11-3-7-13(8-4-11)18-17-19(15,16)14-9-5-12(2)6-10-14/h3-10H,1-2H3. The number of hydrogen-bond donors (Lipinski definition) is 0. The van der Waals surface area contributed by atoms with Crippen LogP contribution in [0.1, 0.15) is 11.1 Å². The Morgan fingerprint density at radius 3 is 1.84 bits per heavy atom. The summed E-state index contributed by atoms with van der Waals surface area (Å²) < 4.78 is 28.9. The lowest BCUT2D eigenvalue weighted by atomic mass is 10.2. The third-order valence-corrected chi connectivity index (χ3v) is 4.85. The molecule has 0 aromatic heterocycles. The highest BCUT2D eigenvalue weighted by atomic mass is 32.3. The normalized spacial score (nSPS) is 11.5. The van der Waals surface area contributed by atoms with E-state index in [9.17, 15) is 8.42 Å². The first-order chi connectivity index (χ1) is 8.97. The summed E-state index contributed by atoms with van der Waals surface area (Å²) in [5, 5.41) is 0. The second-order valence-electron chi connectivity index (χ2n) is 4.23. The molecule has 0 saturated heterocycles. The highest BCUT2D eigenvalue weighted by Crippen LogP contribution is 2.25. The van der Waals surface area contributed by atoms with Gasteiger partial charge in [0.1, 0.15) is 0 Å². The zero-order valence-electron chi connectivity index (χ0n) is 10.7. The minimum atomic E-state index is -3.72. The molecule has 5 heteroatoms. The molecule has 0 saturated carbocycles. The van der Waals surface area contributed by atoms with E-state index in [-0.39, 0.29) is 4.90 Å². The van der Waals surface area contributed by atoms with Crippen molar-refractivity contribution in [1.29, 1.82) is 0 Å². The van der Waals surface area contributed by atoms with Gasteiger partial charge in [0.25, 0.3) is 0 Å². The Morgan fingerprint density at radius 1 is 0.842 bits per heavy atom. The molecule has 0 aliphatic rings. The summed E-state index contributed by atoms with van der Waals surface area (Å²) in [6, 6.07) is 14.0. The third-order valence-electron chi connectivity index (χ3n) is 2.55. The summed E-state index contributed by atoms with van der Waals surface area (Å²) in [5.41, 5.74) is 2.12. The molecule has 3 nitrogen and oxygen atoms in total. The van der Waals surface area contributed by atoms with E-state index in [1.54, 1.807) is 24.3 Å². The summed E-state index contributed by atoms with van der Waals surface area (Å²) in [6.45, 7) is 3.87. The Morgan fingerprint density at radius 2 is 1.32 bits per heavy atom. The van der Waals surface area contributed by atoms with E-state index in [0.29, 0.717) is 0 Å². The van der Waals surface area contributed by atoms with E-state index in [2.05, 4.69) is 0 Å². The van der Waals surface area contributed by atoms with Gasteiger partial charge in [-0.05, 0) is 38.1 Å². The molecule has 0 fully saturated rings. The van der Waals surface area contributed by atoms with Crippen LogP contribution >= 0.6 is 12.0 Å². The zero-order chi connectivity index (χ0) is 13.9. The molecule has 2 aromatic carbocycles. The maximum Gasteiger partial charge on any atom is 0.308 e. The molecule has 0 atom stereocenters. The molecule has 19 heavy (non-hydrogen) atoms. The monoisotopic (exact) mass is 294 g/mol. The van der Waals surface area contributed by atoms with Gasteiger partial charge in [-0.25, -0.2) is 0 Å². The van der Waals surface area contributed by atoms with E-state index in [0.717, 1.165) is 28.1 Å². The SMILES string of the molecule is Cc1ccc(SOS(=O)(=O)c2ccc(C)cc2)cc1. The van der Waals surface area contributed by atoms with Crippen LogP contribution < -0.4 is 0 Å². The topological polar surface area (TPSA) is 43.4 Å². The van der Waals surface area contributed by atoms with E-state index >= 15 is 0 Å². The molecule has 0 heterocycles. The smallest absolute Gasteiger partial charge is 0.193 e. The van der Waals surface area contributed by atoms with Crippen molar-refractivity contribution in [2.45, 2.75) is 23.6 Å². The van der Waals surface area contributed by atoms with Crippen molar-refractivity contribution in [1.82, 2.24) is 0 Å². The van der Waals surface area contributed by atoms with Gasteiger partial charge in [-0.1, -0.05) is 35.4 Å². The van der Waals surface area contributed by atoms with Gasteiger partial charge in [0.05, 0.1) is 4.90 Å². The van der Waals surface area contributed by atoms with Crippen molar-refractivity contribution in [2.75, 3.05) is 0 Å². The fourth-order valence-electron chi connectivity index (χ4n) is 1.42. The van der Waals surface area contributed by atoms with Crippen LogP contribution in [0.15, 0.2) is 58.3 Å². The molecular formula is C14H14O3S2. The van der Waals surface area contributed by atoms with Gasteiger partial charge >= 0.3 is 10.1 Å². The molecule has 0 radical (unpaired) electrons. The summed E-state index contributed by atoms with van der Waals surface area (Å²) in [7, 11) is -3.72. The number of hydrogen-bond acceptors (Lipinski definition) is 4. The van der Waals surface area contributed by atoms with Crippen LogP contribution in [-0.2, 0) is 13.7 Å².